The largest absolute Gasteiger partial charge is 0.381 e. The summed E-state index contributed by atoms with van der Waals surface area (Å²) in [4.78, 5) is 19.2. The molecule has 0 aliphatic rings. The fourth-order valence-electron chi connectivity index (χ4n) is 2.58. The van der Waals surface area contributed by atoms with Gasteiger partial charge in [-0.25, -0.2) is 9.97 Å². The molecule has 0 aliphatic carbocycles. The normalized spacial score (nSPS) is 11.1. The van der Waals surface area contributed by atoms with Gasteiger partial charge in [-0.05, 0) is 24.3 Å². The molecule has 7 nitrogen and oxygen atoms in total. The van der Waals surface area contributed by atoms with Crippen LogP contribution in [0.2, 0.25) is 0 Å². The zero-order valence-corrected chi connectivity index (χ0v) is 11.9. The molecular formula is C16H11N5O2. The van der Waals surface area contributed by atoms with E-state index in [1.54, 1.807) is 12.1 Å². The van der Waals surface area contributed by atoms with Crippen molar-refractivity contribution in [2.24, 2.45) is 0 Å². The number of rotatable bonds is 2. The van der Waals surface area contributed by atoms with Gasteiger partial charge in [0.05, 0.1) is 21.7 Å². The molecule has 0 saturated heterocycles. The van der Waals surface area contributed by atoms with Crippen LogP contribution >= 0.6 is 0 Å². The van der Waals surface area contributed by atoms with Crippen molar-refractivity contribution in [2.45, 2.75) is 0 Å². The van der Waals surface area contributed by atoms with Crippen LogP contribution in [0.25, 0.3) is 27.9 Å². The number of hydrogen-bond donors (Lipinski definition) is 1. The third-order valence-corrected chi connectivity index (χ3v) is 3.69. The Kier molecular flexibility index (Phi) is 2.74. The summed E-state index contributed by atoms with van der Waals surface area (Å²) >= 11 is 0. The molecule has 0 saturated carbocycles. The molecule has 0 spiro atoms. The summed E-state index contributed by atoms with van der Waals surface area (Å²) in [5.41, 5.74) is 9.75. The number of nitro groups is 1. The second-order valence-electron chi connectivity index (χ2n) is 5.11. The van der Waals surface area contributed by atoms with E-state index < -0.39 is 4.92 Å². The summed E-state index contributed by atoms with van der Waals surface area (Å²) in [5.74, 6) is 0.344. The lowest BCUT2D eigenvalue weighted by molar-refractivity contribution is -0.384. The number of para-hydroxylation sites is 2. The Morgan fingerprint density at radius 2 is 1.78 bits per heavy atom. The molecule has 0 aliphatic heterocycles. The number of nitro benzene ring substituents is 1. The summed E-state index contributed by atoms with van der Waals surface area (Å²) in [6, 6.07) is 13.9. The molecule has 2 aromatic heterocycles. The van der Waals surface area contributed by atoms with Gasteiger partial charge in [0.2, 0.25) is 0 Å². The number of nitrogens with two attached hydrogens (primary N) is 1. The van der Waals surface area contributed by atoms with E-state index >= 15 is 0 Å². The van der Waals surface area contributed by atoms with Crippen LogP contribution in [0, 0.1) is 10.1 Å². The van der Waals surface area contributed by atoms with E-state index in [1.807, 2.05) is 34.9 Å². The van der Waals surface area contributed by atoms with E-state index in [0.29, 0.717) is 17.2 Å². The van der Waals surface area contributed by atoms with Gasteiger partial charge in [-0.3, -0.25) is 14.5 Å². The highest BCUT2D eigenvalue weighted by molar-refractivity contribution is 5.83. The molecule has 112 valence electrons. The van der Waals surface area contributed by atoms with Gasteiger partial charge in [-0.2, -0.15) is 0 Å². The molecule has 4 rings (SSSR count). The first kappa shape index (κ1) is 13.2. The minimum absolute atomic E-state index is 0.0455. The van der Waals surface area contributed by atoms with Crippen molar-refractivity contribution in [1.29, 1.82) is 0 Å². The van der Waals surface area contributed by atoms with Crippen molar-refractivity contribution in [3.63, 3.8) is 0 Å². The van der Waals surface area contributed by atoms with Crippen LogP contribution in [0.15, 0.2) is 54.7 Å². The van der Waals surface area contributed by atoms with Crippen LogP contribution in [-0.4, -0.2) is 19.3 Å². The zero-order chi connectivity index (χ0) is 16.0. The SMILES string of the molecule is Nc1nc2ccccc2n2cc(-c3ccc([N+](=O)[O-])cc3)nc12. The van der Waals surface area contributed by atoms with Crippen molar-refractivity contribution < 1.29 is 4.92 Å². The van der Waals surface area contributed by atoms with Gasteiger partial charge in [0.15, 0.2) is 11.5 Å². The first-order valence-electron chi connectivity index (χ1n) is 6.91. The van der Waals surface area contributed by atoms with Crippen LogP contribution < -0.4 is 5.73 Å². The number of nitrogen functional groups attached to an aromatic ring is 1. The topological polar surface area (TPSA) is 99.3 Å². The van der Waals surface area contributed by atoms with E-state index in [0.717, 1.165) is 16.6 Å². The van der Waals surface area contributed by atoms with E-state index in [4.69, 9.17) is 5.73 Å². The van der Waals surface area contributed by atoms with Crippen LogP contribution in [0.5, 0.6) is 0 Å². The van der Waals surface area contributed by atoms with Crippen LogP contribution in [0.4, 0.5) is 11.5 Å². The van der Waals surface area contributed by atoms with E-state index in [2.05, 4.69) is 9.97 Å². The number of benzene rings is 2. The van der Waals surface area contributed by atoms with Crippen molar-refractivity contribution in [2.75, 3.05) is 5.73 Å². The average molecular weight is 305 g/mol. The zero-order valence-electron chi connectivity index (χ0n) is 11.9. The lowest BCUT2D eigenvalue weighted by atomic mass is 10.1. The van der Waals surface area contributed by atoms with Crippen LogP contribution in [-0.2, 0) is 0 Å². The standard InChI is InChI=1S/C16H11N5O2/c17-15-16-19-13(10-5-7-11(8-6-10)21(22)23)9-20(16)14-4-2-1-3-12(14)18-15/h1-9H,(H2,17,18). The fraction of sp³-hybridized carbons (Fsp3) is 0. The van der Waals surface area contributed by atoms with Crippen molar-refractivity contribution in [1.82, 2.24) is 14.4 Å². The fourth-order valence-corrected chi connectivity index (χ4v) is 2.58. The van der Waals surface area contributed by atoms with E-state index in [1.165, 1.54) is 12.1 Å². The molecule has 0 unspecified atom stereocenters. The number of imidazole rings is 1. The molecular weight excluding hydrogens is 294 g/mol. The summed E-state index contributed by atoms with van der Waals surface area (Å²) in [6.45, 7) is 0. The Bertz CT molecular complexity index is 1050. The van der Waals surface area contributed by atoms with Gasteiger partial charge >= 0.3 is 0 Å². The molecule has 23 heavy (non-hydrogen) atoms. The molecule has 2 N–H and O–H groups in total. The molecule has 0 amide bonds. The number of hydrogen-bond acceptors (Lipinski definition) is 5. The molecule has 2 heterocycles. The Labute approximate surface area is 130 Å². The minimum Gasteiger partial charge on any atom is -0.381 e. The maximum absolute atomic E-state index is 10.7. The third kappa shape index (κ3) is 2.06. The molecule has 0 radical (unpaired) electrons. The third-order valence-electron chi connectivity index (χ3n) is 3.69. The van der Waals surface area contributed by atoms with Gasteiger partial charge in [-0.1, -0.05) is 12.1 Å². The first-order valence-corrected chi connectivity index (χ1v) is 6.91. The van der Waals surface area contributed by atoms with Crippen LogP contribution in [0.1, 0.15) is 0 Å². The molecule has 0 fully saturated rings. The van der Waals surface area contributed by atoms with Gasteiger partial charge in [0.1, 0.15) is 0 Å². The second-order valence-corrected chi connectivity index (χ2v) is 5.11. The summed E-state index contributed by atoms with van der Waals surface area (Å²) in [7, 11) is 0. The molecule has 0 bridgehead atoms. The number of aromatic nitrogens is 3. The summed E-state index contributed by atoms with van der Waals surface area (Å²) in [5, 5.41) is 10.7. The minimum atomic E-state index is -0.428. The van der Waals surface area contributed by atoms with Crippen molar-refractivity contribution in [3.8, 4) is 11.3 Å². The second kappa shape index (κ2) is 4.77. The predicted molar refractivity (Wildman–Crippen MR) is 87.0 cm³/mol. The predicted octanol–water partition coefficient (Wildman–Crippen LogP) is 3.04. The molecule has 2 aromatic carbocycles. The lowest BCUT2D eigenvalue weighted by Gasteiger charge is -2.02. The highest BCUT2D eigenvalue weighted by atomic mass is 16.6. The monoisotopic (exact) mass is 305 g/mol. The number of nitrogens with zero attached hydrogens (tertiary/aromatic N) is 4. The Morgan fingerprint density at radius 1 is 1.04 bits per heavy atom. The maximum Gasteiger partial charge on any atom is 0.269 e. The smallest absolute Gasteiger partial charge is 0.269 e. The summed E-state index contributed by atoms with van der Waals surface area (Å²) < 4.78 is 1.88. The number of fused-ring (bicyclic) bond motifs is 3. The van der Waals surface area contributed by atoms with Gasteiger partial charge in [0.25, 0.3) is 5.69 Å². The van der Waals surface area contributed by atoms with Gasteiger partial charge < -0.3 is 5.73 Å². The Balaban J connectivity index is 1.93. The van der Waals surface area contributed by atoms with E-state index in [9.17, 15) is 10.1 Å². The summed E-state index contributed by atoms with van der Waals surface area (Å²) in [6.07, 6.45) is 1.86. The average Bonchev–Trinajstić information content (AvgIpc) is 3.01. The van der Waals surface area contributed by atoms with Gasteiger partial charge in [0, 0.05) is 23.9 Å². The highest BCUT2D eigenvalue weighted by Crippen LogP contribution is 2.26. The number of anilines is 1. The number of non-ortho nitro benzene ring substituents is 1. The van der Waals surface area contributed by atoms with Crippen molar-refractivity contribution >= 4 is 28.2 Å². The van der Waals surface area contributed by atoms with Crippen molar-refractivity contribution in [3.05, 3.63) is 64.8 Å². The van der Waals surface area contributed by atoms with E-state index in [-0.39, 0.29) is 5.69 Å². The lowest BCUT2D eigenvalue weighted by Crippen LogP contribution is -1.97. The highest BCUT2D eigenvalue weighted by Gasteiger charge is 2.12. The van der Waals surface area contributed by atoms with Gasteiger partial charge in [-0.15, -0.1) is 0 Å². The quantitative estimate of drug-likeness (QED) is 0.453. The maximum atomic E-state index is 10.7. The van der Waals surface area contributed by atoms with Crippen LogP contribution in [0.3, 0.4) is 0 Å². The molecule has 7 heteroatoms. The Hall–Kier alpha value is -3.48. The molecule has 0 atom stereocenters. The first-order chi connectivity index (χ1) is 11.1. The Morgan fingerprint density at radius 3 is 2.52 bits per heavy atom. The molecule has 4 aromatic rings.